The maximum Gasteiger partial charge on any atom is 0.413 e. The number of amides is 1. The van der Waals surface area contributed by atoms with E-state index in [1.165, 1.54) is 23.9 Å². The molecule has 0 aliphatic carbocycles. The van der Waals surface area contributed by atoms with Crippen molar-refractivity contribution in [3.63, 3.8) is 0 Å². The van der Waals surface area contributed by atoms with Gasteiger partial charge in [0.25, 0.3) is 5.09 Å². The van der Waals surface area contributed by atoms with Crippen LogP contribution in [0.1, 0.15) is 12.0 Å². The Kier molecular flexibility index (Phi) is 8.41. The van der Waals surface area contributed by atoms with Crippen LogP contribution in [-0.2, 0) is 16.1 Å². The number of carbonyl (C=O) groups is 2. The second kappa shape index (κ2) is 10.3. The molecule has 0 saturated carbocycles. The Morgan fingerprint density at radius 2 is 2.04 bits per heavy atom. The van der Waals surface area contributed by atoms with Gasteiger partial charge in [-0.2, -0.15) is 11.8 Å². The summed E-state index contributed by atoms with van der Waals surface area (Å²) in [6, 6.07) is 5.28. The Balaban J connectivity index is 2.48. The summed E-state index contributed by atoms with van der Waals surface area (Å²) >= 11 is 1.48. The largest absolute Gasteiger partial charge is 0.480 e. The van der Waals surface area contributed by atoms with Crippen molar-refractivity contribution in [3.05, 3.63) is 39.9 Å². The van der Waals surface area contributed by atoms with Crippen molar-refractivity contribution in [1.82, 2.24) is 5.32 Å². The molecule has 1 unspecified atom stereocenters. The standard InChI is InChI=1S/C14H18N2O7S/c1-24-9-7-12(13(17)18)15-14(19)23-11-4-2-10(3-5-11)6-8-22-16(20)21/h2-5,12H,6-9H2,1H3,(H,15,19)(H,17,18). The number of benzene rings is 1. The Bertz CT molecular complexity index is 565. The second-order valence-electron chi connectivity index (χ2n) is 4.66. The molecule has 10 heteroatoms. The van der Waals surface area contributed by atoms with Gasteiger partial charge < -0.3 is 20.0 Å². The Labute approximate surface area is 142 Å². The van der Waals surface area contributed by atoms with E-state index in [-0.39, 0.29) is 12.4 Å². The van der Waals surface area contributed by atoms with E-state index in [9.17, 15) is 19.7 Å². The first-order chi connectivity index (χ1) is 11.4. The van der Waals surface area contributed by atoms with Crippen molar-refractivity contribution in [1.29, 1.82) is 0 Å². The molecular formula is C14H18N2O7S. The molecule has 9 nitrogen and oxygen atoms in total. The summed E-state index contributed by atoms with van der Waals surface area (Å²) in [6.45, 7) is -0.0660. The fourth-order valence-electron chi connectivity index (χ4n) is 1.73. The van der Waals surface area contributed by atoms with E-state index in [0.29, 0.717) is 18.6 Å². The molecule has 0 spiro atoms. The van der Waals surface area contributed by atoms with Crippen LogP contribution in [0, 0.1) is 10.1 Å². The molecule has 1 atom stereocenters. The molecule has 0 heterocycles. The first kappa shape index (κ1) is 19.6. The van der Waals surface area contributed by atoms with E-state index < -0.39 is 23.2 Å². The highest BCUT2D eigenvalue weighted by atomic mass is 32.2. The van der Waals surface area contributed by atoms with Gasteiger partial charge in [0.1, 0.15) is 18.4 Å². The zero-order chi connectivity index (χ0) is 17.9. The molecule has 1 rings (SSSR count). The van der Waals surface area contributed by atoms with Gasteiger partial charge in [0.2, 0.25) is 0 Å². The summed E-state index contributed by atoms with van der Waals surface area (Å²) in [5.41, 5.74) is 0.771. The van der Waals surface area contributed by atoms with Gasteiger partial charge in [-0.3, -0.25) is 0 Å². The minimum absolute atomic E-state index is 0.0660. The van der Waals surface area contributed by atoms with Crippen molar-refractivity contribution in [2.45, 2.75) is 18.9 Å². The highest BCUT2D eigenvalue weighted by Gasteiger charge is 2.20. The molecule has 1 aromatic carbocycles. The van der Waals surface area contributed by atoms with Crippen LogP contribution in [0.4, 0.5) is 4.79 Å². The maximum absolute atomic E-state index is 11.7. The predicted molar refractivity (Wildman–Crippen MR) is 86.7 cm³/mol. The molecule has 0 aliphatic rings. The van der Waals surface area contributed by atoms with Crippen LogP contribution >= 0.6 is 11.8 Å². The number of hydrogen-bond acceptors (Lipinski definition) is 7. The number of ether oxygens (including phenoxy) is 1. The molecule has 132 valence electrons. The van der Waals surface area contributed by atoms with Crippen LogP contribution in [0.3, 0.4) is 0 Å². The summed E-state index contributed by atoms with van der Waals surface area (Å²) in [5.74, 6) is -0.291. The number of aliphatic carboxylic acids is 1. The third kappa shape index (κ3) is 7.68. The minimum atomic E-state index is -1.12. The van der Waals surface area contributed by atoms with E-state index in [1.54, 1.807) is 12.1 Å². The van der Waals surface area contributed by atoms with Gasteiger partial charge in [0.05, 0.1) is 0 Å². The maximum atomic E-state index is 11.7. The van der Waals surface area contributed by atoms with E-state index in [2.05, 4.69) is 10.2 Å². The first-order valence-electron chi connectivity index (χ1n) is 6.98. The second-order valence-corrected chi connectivity index (χ2v) is 5.64. The number of thioether (sulfide) groups is 1. The smallest absolute Gasteiger partial charge is 0.413 e. The summed E-state index contributed by atoms with van der Waals surface area (Å²) in [6.07, 6.45) is 1.62. The SMILES string of the molecule is CSCCC(NC(=O)Oc1ccc(CCO[N+](=O)[O-])cc1)C(=O)O. The summed E-state index contributed by atoms with van der Waals surface area (Å²) in [7, 11) is 0. The van der Waals surface area contributed by atoms with E-state index in [4.69, 9.17) is 9.84 Å². The average Bonchev–Trinajstić information content (AvgIpc) is 2.52. The lowest BCUT2D eigenvalue weighted by atomic mass is 10.1. The van der Waals surface area contributed by atoms with Crippen molar-refractivity contribution < 1.29 is 29.4 Å². The fourth-order valence-corrected chi connectivity index (χ4v) is 2.21. The van der Waals surface area contributed by atoms with Gasteiger partial charge in [-0.15, -0.1) is 10.1 Å². The number of carboxylic acid groups (broad SMARTS) is 1. The van der Waals surface area contributed by atoms with Gasteiger partial charge >= 0.3 is 12.1 Å². The van der Waals surface area contributed by atoms with Crippen LogP contribution < -0.4 is 10.1 Å². The van der Waals surface area contributed by atoms with Gasteiger partial charge in [-0.1, -0.05) is 12.1 Å². The zero-order valence-electron chi connectivity index (χ0n) is 13.0. The monoisotopic (exact) mass is 358 g/mol. The molecule has 0 aromatic heterocycles. The number of carboxylic acids is 1. The van der Waals surface area contributed by atoms with Crippen molar-refractivity contribution in [2.24, 2.45) is 0 Å². The van der Waals surface area contributed by atoms with E-state index in [1.807, 2.05) is 6.26 Å². The third-order valence-corrected chi connectivity index (χ3v) is 3.57. The van der Waals surface area contributed by atoms with Crippen LogP contribution in [0.2, 0.25) is 0 Å². The summed E-state index contributed by atoms with van der Waals surface area (Å²) < 4.78 is 5.01. The third-order valence-electron chi connectivity index (χ3n) is 2.92. The van der Waals surface area contributed by atoms with Crippen LogP contribution in [-0.4, -0.2) is 46.9 Å². The van der Waals surface area contributed by atoms with Crippen molar-refractivity contribution in [3.8, 4) is 5.75 Å². The van der Waals surface area contributed by atoms with Gasteiger partial charge in [-0.05, 0) is 42.5 Å². The molecular weight excluding hydrogens is 340 g/mol. The number of rotatable bonds is 10. The highest BCUT2D eigenvalue weighted by molar-refractivity contribution is 7.98. The molecule has 0 saturated heterocycles. The number of carbonyl (C=O) groups excluding carboxylic acids is 1. The predicted octanol–water partition coefficient (Wildman–Crippen LogP) is 1.73. The number of nitrogens with zero attached hydrogens (tertiary/aromatic N) is 1. The Morgan fingerprint density at radius 1 is 1.38 bits per heavy atom. The highest BCUT2D eigenvalue weighted by Crippen LogP contribution is 2.13. The molecule has 0 bridgehead atoms. The molecule has 1 aromatic rings. The van der Waals surface area contributed by atoms with Gasteiger partial charge in [0, 0.05) is 0 Å². The van der Waals surface area contributed by atoms with Crippen molar-refractivity contribution >= 4 is 23.8 Å². The average molecular weight is 358 g/mol. The topological polar surface area (TPSA) is 128 Å². The molecule has 24 heavy (non-hydrogen) atoms. The van der Waals surface area contributed by atoms with Gasteiger partial charge in [0.15, 0.2) is 0 Å². The normalized spacial score (nSPS) is 11.4. The zero-order valence-corrected chi connectivity index (χ0v) is 13.8. The lowest BCUT2D eigenvalue weighted by Crippen LogP contribution is -2.42. The Hall–Kier alpha value is -2.49. The number of hydrogen-bond donors (Lipinski definition) is 2. The van der Waals surface area contributed by atoms with Crippen molar-refractivity contribution in [2.75, 3.05) is 18.6 Å². The van der Waals surface area contributed by atoms with Crippen LogP contribution in [0.5, 0.6) is 5.75 Å². The lowest BCUT2D eigenvalue weighted by Gasteiger charge is -2.14. The lowest BCUT2D eigenvalue weighted by molar-refractivity contribution is -0.757. The Morgan fingerprint density at radius 3 is 2.58 bits per heavy atom. The van der Waals surface area contributed by atoms with E-state index in [0.717, 1.165) is 5.56 Å². The quantitative estimate of drug-likeness (QED) is 0.478. The molecule has 0 aliphatic heterocycles. The molecule has 0 fully saturated rings. The number of nitrogens with one attached hydrogen (secondary N) is 1. The van der Waals surface area contributed by atoms with Gasteiger partial charge in [-0.25, -0.2) is 9.59 Å². The summed E-state index contributed by atoms with van der Waals surface area (Å²) in [4.78, 5) is 37.0. The fraction of sp³-hybridized carbons (Fsp3) is 0.429. The summed E-state index contributed by atoms with van der Waals surface area (Å²) in [5, 5.41) is 20.5. The van der Waals surface area contributed by atoms with Crippen LogP contribution in [0.25, 0.3) is 0 Å². The first-order valence-corrected chi connectivity index (χ1v) is 8.38. The molecule has 0 radical (unpaired) electrons. The van der Waals surface area contributed by atoms with E-state index >= 15 is 0 Å². The molecule has 2 N–H and O–H groups in total. The molecule has 1 amide bonds. The van der Waals surface area contributed by atoms with Crippen LogP contribution in [0.15, 0.2) is 24.3 Å². The minimum Gasteiger partial charge on any atom is -0.480 e.